The first-order chi connectivity index (χ1) is 6.11. The second kappa shape index (κ2) is 3.63. The lowest BCUT2D eigenvalue weighted by atomic mass is 10.2. The average Bonchev–Trinajstić information content (AvgIpc) is 2.41. The fraction of sp³-hybridized carbons (Fsp3) is 0.143. The minimum absolute atomic E-state index is 0.0135. The number of rotatable bonds is 3. The molecule has 0 saturated carbocycles. The van der Waals surface area contributed by atoms with Gasteiger partial charge < -0.3 is 16.9 Å². The maximum Gasteiger partial charge on any atom is 0.149 e. The van der Waals surface area contributed by atoms with Crippen LogP contribution < -0.4 is 11.5 Å². The van der Waals surface area contributed by atoms with Gasteiger partial charge in [0.2, 0.25) is 0 Å². The van der Waals surface area contributed by atoms with Crippen molar-refractivity contribution in [2.24, 2.45) is 11.5 Å². The number of nitrogen functional groups attached to an aromatic ring is 1. The summed E-state index contributed by atoms with van der Waals surface area (Å²) in [5.41, 5.74) is 10.4. The summed E-state index contributed by atoms with van der Waals surface area (Å²) in [5, 5.41) is 14.1. The smallest absolute Gasteiger partial charge is 0.149 e. The Hall–Kier alpha value is -1.27. The number of nitrogens with two attached hydrogens (primary N) is 2. The number of nitrogens with one attached hydrogen (secondary N) is 2. The number of amidine groups is 1. The van der Waals surface area contributed by atoms with Gasteiger partial charge in [-0.2, -0.15) is 0 Å². The van der Waals surface area contributed by atoms with Gasteiger partial charge in [-0.3, -0.25) is 5.41 Å². The molecule has 4 nitrogen and oxygen atoms in total. The quantitative estimate of drug-likeness (QED) is 0.425. The van der Waals surface area contributed by atoms with E-state index in [1.54, 1.807) is 0 Å². The fourth-order valence-electron chi connectivity index (χ4n) is 0.960. The van der Waals surface area contributed by atoms with Gasteiger partial charge >= 0.3 is 0 Å². The number of thiophene rings is 1. The summed E-state index contributed by atoms with van der Waals surface area (Å²) in [6.45, 7) is 0.0601. The third-order valence-electron chi connectivity index (χ3n) is 1.53. The molecule has 0 amide bonds. The van der Waals surface area contributed by atoms with Gasteiger partial charge in [0.05, 0.1) is 15.3 Å². The van der Waals surface area contributed by atoms with Crippen LogP contribution in [0.15, 0.2) is 0 Å². The number of halogens is 1. The Morgan fingerprint density at radius 1 is 1.62 bits per heavy atom. The van der Waals surface area contributed by atoms with E-state index in [1.807, 2.05) is 0 Å². The Bertz CT molecular complexity index is 358. The molecular weight excluding hydrogens is 191 g/mol. The van der Waals surface area contributed by atoms with E-state index in [4.69, 9.17) is 22.3 Å². The molecular formula is C7H9FN4S. The van der Waals surface area contributed by atoms with Gasteiger partial charge in [-0.15, -0.1) is 11.3 Å². The molecule has 0 radical (unpaired) electrons. The molecule has 0 atom stereocenters. The summed E-state index contributed by atoms with van der Waals surface area (Å²) < 4.78 is 13.3. The minimum atomic E-state index is -0.571. The zero-order valence-electron chi connectivity index (χ0n) is 6.73. The summed E-state index contributed by atoms with van der Waals surface area (Å²) in [6, 6.07) is 0. The SMILES string of the molecule is N=Cc1sc(CN)c(F)c1C(=N)N. The van der Waals surface area contributed by atoms with Crippen LogP contribution in [0.3, 0.4) is 0 Å². The Labute approximate surface area is 78.4 Å². The zero-order chi connectivity index (χ0) is 10.0. The standard InChI is InChI=1S/C7H9FN4S/c8-6-4(2-10)13-3(1-9)5(6)7(11)12/h1,9H,2,10H2,(H3,11,12). The third kappa shape index (κ3) is 1.58. The van der Waals surface area contributed by atoms with Crippen LogP contribution in [0.2, 0.25) is 0 Å². The number of hydrogen-bond donors (Lipinski definition) is 4. The Kier molecular flexibility index (Phi) is 2.74. The van der Waals surface area contributed by atoms with E-state index >= 15 is 0 Å². The van der Waals surface area contributed by atoms with Crippen LogP contribution in [0.1, 0.15) is 15.3 Å². The van der Waals surface area contributed by atoms with Crippen molar-refractivity contribution >= 4 is 23.4 Å². The predicted molar refractivity (Wildman–Crippen MR) is 51.1 cm³/mol. The van der Waals surface area contributed by atoms with E-state index in [1.165, 1.54) is 0 Å². The predicted octanol–water partition coefficient (Wildman–Crippen LogP) is 0.628. The van der Waals surface area contributed by atoms with E-state index in [0.29, 0.717) is 9.75 Å². The van der Waals surface area contributed by atoms with Crippen molar-refractivity contribution in [3.05, 3.63) is 21.1 Å². The molecule has 0 aromatic carbocycles. The van der Waals surface area contributed by atoms with E-state index in [2.05, 4.69) is 0 Å². The van der Waals surface area contributed by atoms with Gasteiger partial charge in [-0.25, -0.2) is 4.39 Å². The van der Waals surface area contributed by atoms with Crippen LogP contribution in [0.25, 0.3) is 0 Å². The van der Waals surface area contributed by atoms with Gasteiger partial charge in [-0.05, 0) is 0 Å². The van der Waals surface area contributed by atoms with Gasteiger partial charge in [0.15, 0.2) is 0 Å². The van der Waals surface area contributed by atoms with Crippen molar-refractivity contribution in [3.8, 4) is 0 Å². The highest BCUT2D eigenvalue weighted by molar-refractivity contribution is 7.14. The minimum Gasteiger partial charge on any atom is -0.384 e. The summed E-state index contributed by atoms with van der Waals surface area (Å²) in [5.74, 6) is -0.939. The first-order valence-electron chi connectivity index (χ1n) is 3.48. The van der Waals surface area contributed by atoms with Crippen molar-refractivity contribution in [1.82, 2.24) is 0 Å². The average molecular weight is 200 g/mol. The van der Waals surface area contributed by atoms with Crippen molar-refractivity contribution in [2.45, 2.75) is 6.54 Å². The zero-order valence-corrected chi connectivity index (χ0v) is 7.54. The highest BCUT2D eigenvalue weighted by atomic mass is 32.1. The molecule has 0 aliphatic heterocycles. The molecule has 13 heavy (non-hydrogen) atoms. The Morgan fingerprint density at radius 3 is 2.54 bits per heavy atom. The normalized spacial score (nSPS) is 10.0. The largest absolute Gasteiger partial charge is 0.384 e. The third-order valence-corrected chi connectivity index (χ3v) is 2.66. The van der Waals surface area contributed by atoms with Gasteiger partial charge in [0.25, 0.3) is 0 Å². The van der Waals surface area contributed by atoms with Crippen LogP contribution in [0.4, 0.5) is 4.39 Å². The fourth-order valence-corrected chi connectivity index (χ4v) is 1.86. The highest BCUT2D eigenvalue weighted by Gasteiger charge is 2.17. The van der Waals surface area contributed by atoms with Crippen LogP contribution in [0.5, 0.6) is 0 Å². The molecule has 0 spiro atoms. The molecule has 1 heterocycles. The van der Waals surface area contributed by atoms with E-state index in [0.717, 1.165) is 17.6 Å². The molecule has 1 aromatic rings. The molecule has 1 rings (SSSR count). The molecule has 6 heteroatoms. The summed E-state index contributed by atoms with van der Waals surface area (Å²) in [4.78, 5) is 0.661. The van der Waals surface area contributed by atoms with E-state index in [-0.39, 0.29) is 17.9 Å². The van der Waals surface area contributed by atoms with Crippen molar-refractivity contribution in [2.75, 3.05) is 0 Å². The van der Waals surface area contributed by atoms with Crippen LogP contribution in [0, 0.1) is 16.6 Å². The van der Waals surface area contributed by atoms with Crippen LogP contribution in [-0.2, 0) is 6.54 Å². The molecule has 1 aromatic heterocycles. The molecule has 0 bridgehead atoms. The topological polar surface area (TPSA) is 99.7 Å². The van der Waals surface area contributed by atoms with Crippen molar-refractivity contribution < 1.29 is 4.39 Å². The molecule has 0 aliphatic rings. The lowest BCUT2D eigenvalue weighted by Gasteiger charge is -1.95. The number of hydrogen-bond acceptors (Lipinski definition) is 4. The summed E-state index contributed by atoms with van der Waals surface area (Å²) >= 11 is 1.05. The monoisotopic (exact) mass is 200 g/mol. The highest BCUT2D eigenvalue weighted by Crippen LogP contribution is 2.25. The Morgan fingerprint density at radius 2 is 2.23 bits per heavy atom. The molecule has 0 aliphatic carbocycles. The van der Waals surface area contributed by atoms with Crippen LogP contribution >= 0.6 is 11.3 Å². The van der Waals surface area contributed by atoms with Gasteiger partial charge in [0.1, 0.15) is 11.7 Å². The maximum atomic E-state index is 13.3. The van der Waals surface area contributed by atoms with E-state index < -0.39 is 5.82 Å². The van der Waals surface area contributed by atoms with Gasteiger partial charge in [-0.1, -0.05) is 0 Å². The lowest BCUT2D eigenvalue weighted by molar-refractivity contribution is 0.616. The first-order valence-corrected chi connectivity index (χ1v) is 4.29. The lowest BCUT2D eigenvalue weighted by Crippen LogP contribution is -2.14. The second-order valence-corrected chi connectivity index (χ2v) is 3.48. The summed E-state index contributed by atoms with van der Waals surface area (Å²) in [7, 11) is 0. The van der Waals surface area contributed by atoms with Crippen LogP contribution in [-0.4, -0.2) is 12.1 Å². The van der Waals surface area contributed by atoms with Crippen molar-refractivity contribution in [1.29, 1.82) is 10.8 Å². The van der Waals surface area contributed by atoms with E-state index in [9.17, 15) is 4.39 Å². The van der Waals surface area contributed by atoms with Gasteiger partial charge in [0, 0.05) is 12.8 Å². The summed E-state index contributed by atoms with van der Waals surface area (Å²) in [6.07, 6.45) is 0.976. The molecule has 0 saturated heterocycles. The Balaban J connectivity index is 3.37. The first kappa shape index (κ1) is 9.82. The van der Waals surface area contributed by atoms with Crippen molar-refractivity contribution in [3.63, 3.8) is 0 Å². The second-order valence-electron chi connectivity index (χ2n) is 2.34. The molecule has 6 N–H and O–H groups in total. The maximum absolute atomic E-state index is 13.3. The molecule has 70 valence electrons. The molecule has 0 fully saturated rings. The molecule has 0 unspecified atom stereocenters.